The van der Waals surface area contributed by atoms with Gasteiger partial charge < -0.3 is 20.6 Å². The molecule has 26 heavy (non-hydrogen) atoms. The zero-order valence-corrected chi connectivity index (χ0v) is 15.9. The van der Waals surface area contributed by atoms with Gasteiger partial charge in [-0.05, 0) is 50.9 Å². The van der Waals surface area contributed by atoms with Crippen LogP contribution < -0.4 is 5.32 Å². The second-order valence-electron chi connectivity index (χ2n) is 7.72. The van der Waals surface area contributed by atoms with E-state index in [-0.39, 0.29) is 5.92 Å². The number of sulfone groups is 1. The van der Waals surface area contributed by atoms with Gasteiger partial charge in [0, 0.05) is 6.26 Å². The molecule has 9 heteroatoms. The number of carbonyl (C=O) groups excluding carboxylic acids is 1. The third kappa shape index (κ3) is 5.15. The summed E-state index contributed by atoms with van der Waals surface area (Å²) in [7, 11) is -3.12. The van der Waals surface area contributed by atoms with Crippen molar-refractivity contribution < 1.29 is 32.9 Å². The molecular formula is C17H30FNO6S. The Morgan fingerprint density at radius 1 is 1.15 bits per heavy atom. The molecule has 2 fully saturated rings. The van der Waals surface area contributed by atoms with Crippen LogP contribution in [0, 0.1) is 11.8 Å². The van der Waals surface area contributed by atoms with Crippen molar-refractivity contribution in [3.05, 3.63) is 0 Å². The van der Waals surface area contributed by atoms with Crippen LogP contribution in [0.3, 0.4) is 0 Å². The molecule has 7 nitrogen and oxygen atoms in total. The third-order valence-electron chi connectivity index (χ3n) is 5.87. The van der Waals surface area contributed by atoms with Gasteiger partial charge >= 0.3 is 0 Å². The quantitative estimate of drug-likeness (QED) is 0.499. The van der Waals surface area contributed by atoms with Crippen LogP contribution in [0.5, 0.6) is 0 Å². The molecule has 2 aliphatic carbocycles. The van der Waals surface area contributed by atoms with Gasteiger partial charge in [-0.15, -0.1) is 0 Å². The monoisotopic (exact) mass is 395 g/mol. The molecule has 0 aromatic heterocycles. The first-order valence-corrected chi connectivity index (χ1v) is 11.2. The Bertz CT molecular complexity index is 578. The fourth-order valence-corrected chi connectivity index (χ4v) is 5.26. The maximum Gasteiger partial charge on any atom is 0.226 e. The number of rotatable bonds is 6. The summed E-state index contributed by atoms with van der Waals surface area (Å²) in [5.41, 5.74) is 0. The maximum atomic E-state index is 13.4. The van der Waals surface area contributed by atoms with E-state index in [0.29, 0.717) is 44.9 Å². The van der Waals surface area contributed by atoms with E-state index in [1.54, 1.807) is 0 Å². The highest BCUT2D eigenvalue weighted by molar-refractivity contribution is 7.91. The zero-order valence-electron chi connectivity index (χ0n) is 15.1. The van der Waals surface area contributed by atoms with Crippen molar-refractivity contribution >= 4 is 15.7 Å². The van der Waals surface area contributed by atoms with Crippen molar-refractivity contribution in [1.82, 2.24) is 5.32 Å². The molecule has 0 radical (unpaired) electrons. The highest BCUT2D eigenvalue weighted by atomic mass is 32.2. The SMILES string of the molecule is CS(=O)(=O)C1CCC([C@H](O)C(CF)NC(=O)C2CCCC(O)C2O)CC1. The summed E-state index contributed by atoms with van der Waals surface area (Å²) in [6, 6.07) is -1.10. The molecule has 2 saturated carbocycles. The number of halogens is 1. The minimum Gasteiger partial charge on any atom is -0.391 e. The van der Waals surface area contributed by atoms with Crippen molar-refractivity contribution in [2.24, 2.45) is 11.8 Å². The molecule has 0 aliphatic heterocycles. The van der Waals surface area contributed by atoms with E-state index in [2.05, 4.69) is 5.32 Å². The largest absolute Gasteiger partial charge is 0.391 e. The van der Waals surface area contributed by atoms with Crippen LogP contribution in [-0.4, -0.2) is 72.2 Å². The van der Waals surface area contributed by atoms with Crippen LogP contribution in [0.1, 0.15) is 44.9 Å². The predicted molar refractivity (Wildman–Crippen MR) is 93.9 cm³/mol. The van der Waals surface area contributed by atoms with E-state index in [1.807, 2.05) is 0 Å². The molecule has 0 heterocycles. The lowest BCUT2D eigenvalue weighted by atomic mass is 9.81. The summed E-state index contributed by atoms with van der Waals surface area (Å²) in [5, 5.41) is 32.2. The summed E-state index contributed by atoms with van der Waals surface area (Å²) < 4.78 is 36.7. The summed E-state index contributed by atoms with van der Waals surface area (Å²) in [6.07, 6.45) is 1.08. The summed E-state index contributed by atoms with van der Waals surface area (Å²) >= 11 is 0. The van der Waals surface area contributed by atoms with Crippen LogP contribution in [0.4, 0.5) is 4.39 Å². The standard InChI is InChI=1S/C17H30FNO6S/c1-26(24,25)11-7-5-10(6-8-11)15(21)13(9-18)19-17(23)12-3-2-4-14(20)16(12)22/h10-16,20-22H,2-9H2,1H3,(H,19,23)/t10?,11?,12?,13?,14?,15-,16?/m0/s1. The molecule has 0 aromatic rings. The van der Waals surface area contributed by atoms with Gasteiger partial charge in [0.25, 0.3) is 0 Å². The van der Waals surface area contributed by atoms with Crippen molar-refractivity contribution in [2.45, 2.75) is 74.5 Å². The number of amides is 1. The molecule has 2 aliphatic rings. The summed E-state index contributed by atoms with van der Waals surface area (Å²) in [5.74, 6) is -1.67. The molecule has 0 aromatic carbocycles. The molecular weight excluding hydrogens is 365 g/mol. The van der Waals surface area contributed by atoms with Crippen LogP contribution in [-0.2, 0) is 14.6 Å². The Labute approximate surface area is 153 Å². The lowest BCUT2D eigenvalue weighted by molar-refractivity contribution is -0.137. The molecule has 0 spiro atoms. The highest BCUT2D eigenvalue weighted by Crippen LogP contribution is 2.32. The van der Waals surface area contributed by atoms with Crippen LogP contribution >= 0.6 is 0 Å². The average molecular weight is 395 g/mol. The molecule has 0 bridgehead atoms. The average Bonchev–Trinajstić information content (AvgIpc) is 2.60. The van der Waals surface area contributed by atoms with Gasteiger partial charge in [-0.1, -0.05) is 0 Å². The number of hydrogen-bond acceptors (Lipinski definition) is 6. The fraction of sp³-hybridized carbons (Fsp3) is 0.941. The molecule has 152 valence electrons. The van der Waals surface area contributed by atoms with Crippen molar-refractivity contribution in [2.75, 3.05) is 12.9 Å². The Kier molecular flexibility index (Phi) is 7.41. The Balaban J connectivity index is 1.92. The Morgan fingerprint density at radius 2 is 1.77 bits per heavy atom. The van der Waals surface area contributed by atoms with E-state index in [9.17, 15) is 32.9 Å². The first-order chi connectivity index (χ1) is 12.1. The molecule has 2 rings (SSSR count). The van der Waals surface area contributed by atoms with Gasteiger partial charge in [0.15, 0.2) is 0 Å². The van der Waals surface area contributed by atoms with Gasteiger partial charge in [0.1, 0.15) is 16.5 Å². The summed E-state index contributed by atoms with van der Waals surface area (Å²) in [4.78, 5) is 12.4. The third-order valence-corrected chi connectivity index (χ3v) is 7.55. The number of aliphatic hydroxyl groups is 3. The van der Waals surface area contributed by atoms with E-state index in [0.717, 1.165) is 0 Å². The van der Waals surface area contributed by atoms with Gasteiger partial charge in [-0.2, -0.15) is 0 Å². The van der Waals surface area contributed by atoms with Crippen molar-refractivity contribution in [3.8, 4) is 0 Å². The molecule has 4 N–H and O–H groups in total. The van der Waals surface area contributed by atoms with Crippen molar-refractivity contribution in [3.63, 3.8) is 0 Å². The van der Waals surface area contributed by atoms with Gasteiger partial charge in [-0.25, -0.2) is 12.8 Å². The van der Waals surface area contributed by atoms with Gasteiger partial charge in [-0.3, -0.25) is 4.79 Å². The normalized spacial score (nSPS) is 35.5. The zero-order chi connectivity index (χ0) is 19.5. The number of nitrogens with one attached hydrogen (secondary N) is 1. The first-order valence-electron chi connectivity index (χ1n) is 9.24. The van der Waals surface area contributed by atoms with Gasteiger partial charge in [0.2, 0.25) is 5.91 Å². The number of carbonyl (C=O) groups is 1. The number of hydrogen-bond donors (Lipinski definition) is 4. The van der Waals surface area contributed by atoms with E-state index in [1.165, 1.54) is 6.26 Å². The van der Waals surface area contributed by atoms with E-state index < -0.39 is 57.9 Å². The Hall–Kier alpha value is -0.770. The second kappa shape index (κ2) is 8.95. The van der Waals surface area contributed by atoms with E-state index in [4.69, 9.17) is 0 Å². The topological polar surface area (TPSA) is 124 Å². The minimum absolute atomic E-state index is 0.282. The van der Waals surface area contributed by atoms with Crippen LogP contribution in [0.15, 0.2) is 0 Å². The smallest absolute Gasteiger partial charge is 0.226 e. The van der Waals surface area contributed by atoms with Crippen molar-refractivity contribution in [1.29, 1.82) is 0 Å². The lowest BCUT2D eigenvalue weighted by Crippen LogP contribution is -2.53. The van der Waals surface area contributed by atoms with Gasteiger partial charge in [0.05, 0.1) is 35.5 Å². The second-order valence-corrected chi connectivity index (χ2v) is 10.0. The predicted octanol–water partition coefficient (Wildman–Crippen LogP) is -0.0731. The highest BCUT2D eigenvalue weighted by Gasteiger charge is 2.39. The molecule has 1 amide bonds. The molecule has 0 saturated heterocycles. The maximum absolute atomic E-state index is 13.4. The summed E-state index contributed by atoms with van der Waals surface area (Å²) in [6.45, 7) is -0.954. The molecule has 4 unspecified atom stereocenters. The fourth-order valence-electron chi connectivity index (χ4n) is 4.13. The lowest BCUT2D eigenvalue weighted by Gasteiger charge is -2.36. The minimum atomic E-state index is -3.12. The first kappa shape index (κ1) is 21.5. The number of alkyl halides is 1. The Morgan fingerprint density at radius 3 is 2.31 bits per heavy atom. The molecule has 5 atom stereocenters. The van der Waals surface area contributed by atoms with E-state index >= 15 is 0 Å². The van der Waals surface area contributed by atoms with Crippen LogP contribution in [0.2, 0.25) is 0 Å². The van der Waals surface area contributed by atoms with Crippen LogP contribution in [0.25, 0.3) is 0 Å². The number of aliphatic hydroxyl groups excluding tert-OH is 3.